The van der Waals surface area contributed by atoms with Crippen LogP contribution in [0.25, 0.3) is 11.0 Å². The van der Waals surface area contributed by atoms with E-state index in [0.717, 1.165) is 28.3 Å². The summed E-state index contributed by atoms with van der Waals surface area (Å²) in [4.78, 5) is 18.7. The van der Waals surface area contributed by atoms with Crippen LogP contribution in [-0.2, 0) is 17.5 Å². The zero-order valence-corrected chi connectivity index (χ0v) is 18.2. The maximum atomic E-state index is 13.8. The molecule has 3 aromatic rings. The van der Waals surface area contributed by atoms with E-state index in [1.54, 1.807) is 0 Å². The van der Waals surface area contributed by atoms with Gasteiger partial charge >= 0.3 is 12.4 Å². The van der Waals surface area contributed by atoms with Gasteiger partial charge in [-0.25, -0.2) is 14.3 Å². The number of amides is 1. The molecule has 1 unspecified atom stereocenters. The van der Waals surface area contributed by atoms with Crippen LogP contribution in [0.3, 0.4) is 0 Å². The minimum Gasteiger partial charge on any atom is -0.295 e. The van der Waals surface area contributed by atoms with Crippen molar-refractivity contribution < 1.29 is 31.1 Å². The van der Waals surface area contributed by atoms with Crippen LogP contribution in [0.1, 0.15) is 53.9 Å². The van der Waals surface area contributed by atoms with E-state index in [1.807, 2.05) is 0 Å². The normalized spacial score (nSPS) is 19.1. The number of aromatic nitrogens is 5. The summed E-state index contributed by atoms with van der Waals surface area (Å²) in [7, 11) is 0. The molecule has 2 aliphatic rings. The molecule has 0 radical (unpaired) electrons. The van der Waals surface area contributed by atoms with Gasteiger partial charge in [-0.05, 0) is 39.2 Å². The largest absolute Gasteiger partial charge is 0.417 e. The SMILES string of the molecule is Cc1cc2n(n1)C(C(F)(F)F)CCN2C(=O)Cn1nc(C)c2c(C(F)(F)F)cc(C3CC3)nc21. The Bertz CT molecular complexity index is 1290. The summed E-state index contributed by atoms with van der Waals surface area (Å²) in [5.41, 5.74) is -0.225. The predicted octanol–water partition coefficient (Wildman–Crippen LogP) is 4.68. The van der Waals surface area contributed by atoms with E-state index < -0.39 is 36.4 Å². The monoisotopic (exact) mass is 486 g/mol. The molecule has 0 aromatic carbocycles. The number of rotatable bonds is 3. The number of anilines is 1. The van der Waals surface area contributed by atoms with Crippen LogP contribution in [0.5, 0.6) is 0 Å². The smallest absolute Gasteiger partial charge is 0.295 e. The van der Waals surface area contributed by atoms with E-state index in [2.05, 4.69) is 15.2 Å². The van der Waals surface area contributed by atoms with E-state index in [0.29, 0.717) is 11.4 Å². The summed E-state index contributed by atoms with van der Waals surface area (Å²) < 4.78 is 83.6. The summed E-state index contributed by atoms with van der Waals surface area (Å²) in [6.45, 7) is 2.25. The van der Waals surface area contributed by atoms with Gasteiger partial charge in [0.2, 0.25) is 5.91 Å². The highest BCUT2D eigenvalue weighted by molar-refractivity contribution is 5.94. The Balaban J connectivity index is 1.52. The van der Waals surface area contributed by atoms with Gasteiger partial charge in [-0.15, -0.1) is 0 Å². The first-order valence-electron chi connectivity index (χ1n) is 10.7. The van der Waals surface area contributed by atoms with Crippen LogP contribution in [0.4, 0.5) is 32.2 Å². The zero-order valence-electron chi connectivity index (χ0n) is 18.2. The minimum absolute atomic E-state index is 0.00753. The van der Waals surface area contributed by atoms with E-state index in [9.17, 15) is 31.1 Å². The van der Waals surface area contributed by atoms with Crippen LogP contribution in [0.2, 0.25) is 0 Å². The Morgan fingerprint density at radius 3 is 2.38 bits per heavy atom. The summed E-state index contributed by atoms with van der Waals surface area (Å²) >= 11 is 0. The molecule has 0 spiro atoms. The Kier molecular flexibility index (Phi) is 4.96. The number of hydrogen-bond acceptors (Lipinski definition) is 4. The minimum atomic E-state index is -4.63. The predicted molar refractivity (Wildman–Crippen MR) is 108 cm³/mol. The third-order valence-electron chi connectivity index (χ3n) is 6.20. The molecule has 1 fully saturated rings. The molecule has 0 bridgehead atoms. The third kappa shape index (κ3) is 3.80. The van der Waals surface area contributed by atoms with Crippen molar-refractivity contribution in [3.05, 3.63) is 34.8 Å². The van der Waals surface area contributed by atoms with Gasteiger partial charge in [0.25, 0.3) is 0 Å². The number of carbonyl (C=O) groups is 1. The van der Waals surface area contributed by atoms with Crippen LogP contribution < -0.4 is 4.90 Å². The maximum Gasteiger partial charge on any atom is 0.417 e. The third-order valence-corrected chi connectivity index (χ3v) is 6.20. The molecule has 0 N–H and O–H groups in total. The first-order chi connectivity index (χ1) is 15.8. The molecule has 13 heteroatoms. The Hall–Kier alpha value is -3.12. The zero-order chi connectivity index (χ0) is 24.6. The van der Waals surface area contributed by atoms with Crippen molar-refractivity contribution in [3.8, 4) is 0 Å². The van der Waals surface area contributed by atoms with Crippen molar-refractivity contribution in [2.75, 3.05) is 11.4 Å². The van der Waals surface area contributed by atoms with Crippen molar-refractivity contribution in [2.24, 2.45) is 0 Å². The second-order valence-corrected chi connectivity index (χ2v) is 8.79. The molecule has 34 heavy (non-hydrogen) atoms. The molecule has 1 aliphatic heterocycles. The quantitative estimate of drug-likeness (QED) is 0.504. The second-order valence-electron chi connectivity index (χ2n) is 8.79. The first kappa shape index (κ1) is 22.7. The van der Waals surface area contributed by atoms with Crippen LogP contribution in [0, 0.1) is 13.8 Å². The van der Waals surface area contributed by atoms with Gasteiger partial charge in [-0.1, -0.05) is 0 Å². The van der Waals surface area contributed by atoms with Crippen molar-refractivity contribution in [3.63, 3.8) is 0 Å². The maximum absolute atomic E-state index is 13.8. The number of fused-ring (bicyclic) bond motifs is 2. The molecule has 4 heterocycles. The summed E-state index contributed by atoms with van der Waals surface area (Å²) in [6, 6.07) is 0.572. The number of halogens is 6. The molecule has 1 amide bonds. The summed E-state index contributed by atoms with van der Waals surface area (Å²) in [5, 5.41) is 7.87. The van der Waals surface area contributed by atoms with Crippen LogP contribution >= 0.6 is 0 Å². The number of alkyl halides is 6. The number of aryl methyl sites for hydroxylation is 2. The lowest BCUT2D eigenvalue weighted by atomic mass is 10.1. The molecule has 182 valence electrons. The number of hydrogen-bond donors (Lipinski definition) is 0. The molecule has 7 nitrogen and oxygen atoms in total. The molecule has 1 saturated carbocycles. The van der Waals surface area contributed by atoms with Crippen LogP contribution in [0.15, 0.2) is 12.1 Å². The highest BCUT2D eigenvalue weighted by atomic mass is 19.4. The standard InChI is InChI=1S/C21H20F6N6O/c1-10-7-16-31(6-5-15(21(25,26)27)33(16)29-10)17(34)9-32-19-18(11(2)30-32)13(20(22,23)24)8-14(28-19)12-3-4-12/h7-8,12,15H,3-6,9H2,1-2H3. The lowest BCUT2D eigenvalue weighted by Gasteiger charge is -2.33. The van der Waals surface area contributed by atoms with Gasteiger partial charge in [0, 0.05) is 24.2 Å². The average Bonchev–Trinajstić information content (AvgIpc) is 3.43. The van der Waals surface area contributed by atoms with Gasteiger partial charge in [-0.2, -0.15) is 36.5 Å². The molecular weight excluding hydrogens is 466 g/mol. The van der Waals surface area contributed by atoms with Crippen molar-refractivity contribution in [2.45, 2.75) is 64.0 Å². The number of carbonyl (C=O) groups excluding carboxylic acids is 1. The Labute approximate surface area is 189 Å². The van der Waals surface area contributed by atoms with E-state index >= 15 is 0 Å². The van der Waals surface area contributed by atoms with Gasteiger partial charge in [0.05, 0.1) is 22.3 Å². The lowest BCUT2D eigenvalue weighted by Crippen LogP contribution is -2.44. The lowest BCUT2D eigenvalue weighted by molar-refractivity contribution is -0.173. The highest BCUT2D eigenvalue weighted by Gasteiger charge is 2.46. The Morgan fingerprint density at radius 2 is 1.76 bits per heavy atom. The fraction of sp³-hybridized carbons (Fsp3) is 0.524. The summed E-state index contributed by atoms with van der Waals surface area (Å²) in [5.74, 6) is -0.686. The topological polar surface area (TPSA) is 68.8 Å². The average molecular weight is 486 g/mol. The van der Waals surface area contributed by atoms with E-state index in [4.69, 9.17) is 0 Å². The summed E-state index contributed by atoms with van der Waals surface area (Å²) in [6.07, 6.45) is -8.07. The van der Waals surface area contributed by atoms with Gasteiger partial charge < -0.3 is 0 Å². The van der Waals surface area contributed by atoms with Gasteiger partial charge in [0.1, 0.15) is 12.4 Å². The molecule has 1 atom stereocenters. The molecule has 5 rings (SSSR count). The van der Waals surface area contributed by atoms with Gasteiger partial charge in [-0.3, -0.25) is 9.69 Å². The molecule has 1 aliphatic carbocycles. The van der Waals surface area contributed by atoms with Crippen molar-refractivity contribution >= 4 is 22.8 Å². The van der Waals surface area contributed by atoms with E-state index in [-0.39, 0.29) is 41.4 Å². The fourth-order valence-corrected chi connectivity index (χ4v) is 4.49. The van der Waals surface area contributed by atoms with Gasteiger partial charge in [0.15, 0.2) is 11.7 Å². The second kappa shape index (κ2) is 7.44. The molecule has 3 aromatic heterocycles. The Morgan fingerprint density at radius 1 is 1.06 bits per heavy atom. The van der Waals surface area contributed by atoms with Crippen LogP contribution in [-0.4, -0.2) is 43.2 Å². The molecular formula is C21H20F6N6O. The number of nitrogens with zero attached hydrogens (tertiary/aromatic N) is 6. The molecule has 0 saturated heterocycles. The highest BCUT2D eigenvalue weighted by Crippen LogP contribution is 2.44. The number of pyridine rings is 1. The van der Waals surface area contributed by atoms with Crippen molar-refractivity contribution in [1.82, 2.24) is 24.5 Å². The van der Waals surface area contributed by atoms with E-state index in [1.165, 1.54) is 24.8 Å². The fourth-order valence-electron chi connectivity index (χ4n) is 4.49. The van der Waals surface area contributed by atoms with Crippen molar-refractivity contribution in [1.29, 1.82) is 0 Å². The first-order valence-corrected chi connectivity index (χ1v) is 10.7.